The summed E-state index contributed by atoms with van der Waals surface area (Å²) in [5.74, 6) is 1.92. The summed E-state index contributed by atoms with van der Waals surface area (Å²) >= 11 is 0. The Morgan fingerprint density at radius 3 is 1.48 bits per heavy atom. The van der Waals surface area contributed by atoms with Crippen molar-refractivity contribution in [2.45, 2.75) is 83.1 Å². The quantitative estimate of drug-likeness (QED) is 0.430. The Morgan fingerprint density at radius 2 is 1.15 bits per heavy atom. The highest BCUT2D eigenvalue weighted by atomic mass is 16.5. The van der Waals surface area contributed by atoms with Gasteiger partial charge in [0, 0.05) is 28.0 Å². The van der Waals surface area contributed by atoms with Gasteiger partial charge in [0.05, 0.1) is 7.08 Å². The Balaban J connectivity index is 2.90. The van der Waals surface area contributed by atoms with Crippen molar-refractivity contribution in [1.29, 1.82) is 0 Å². The normalized spacial score (nSPS) is 20.3. The molecule has 27 heavy (non-hydrogen) atoms. The second kappa shape index (κ2) is 6.50. The molecule has 2 heteroatoms. The maximum atomic E-state index is 8.64. The maximum Gasteiger partial charge on any atom is 0.110 e. The van der Waals surface area contributed by atoms with Gasteiger partial charge in [-0.1, -0.05) is 83.1 Å². The standard InChI is InChI=1S/C25H39NO/c1-22(2,3)17-15-26-21(25(10,11)12)20(17)16-13-18(23(4,5)6)27-19(14-16)24(7,8)9/h13-15H,1-12H3/i15D. The van der Waals surface area contributed by atoms with Crippen LogP contribution in [0.25, 0.3) is 0 Å². The summed E-state index contributed by atoms with van der Waals surface area (Å²) < 4.78 is 15.0. The lowest BCUT2D eigenvalue weighted by molar-refractivity contribution is 0.161. The Bertz CT molecular complexity index is 788. The van der Waals surface area contributed by atoms with Crippen molar-refractivity contribution in [3.8, 4) is 0 Å². The van der Waals surface area contributed by atoms with Gasteiger partial charge >= 0.3 is 0 Å². The molecule has 0 amide bonds. The fourth-order valence-corrected chi connectivity index (χ4v) is 3.09. The smallest absolute Gasteiger partial charge is 0.110 e. The third kappa shape index (κ3) is 4.65. The minimum atomic E-state index is -0.167. The first kappa shape index (κ1) is 20.2. The van der Waals surface area contributed by atoms with Gasteiger partial charge in [-0.05, 0) is 28.7 Å². The van der Waals surface area contributed by atoms with Crippen LogP contribution in [0.15, 0.2) is 51.6 Å². The van der Waals surface area contributed by atoms with E-state index in [4.69, 9.17) is 11.1 Å². The maximum absolute atomic E-state index is 8.64. The zero-order chi connectivity index (χ0) is 21.9. The summed E-state index contributed by atoms with van der Waals surface area (Å²) in [6.07, 6.45) is 4.72. The summed E-state index contributed by atoms with van der Waals surface area (Å²) in [7, 11) is 0. The van der Waals surface area contributed by atoms with E-state index in [1.807, 2.05) is 0 Å². The third-order valence-corrected chi connectivity index (χ3v) is 4.79. The van der Waals surface area contributed by atoms with Crippen LogP contribution in [0.1, 0.15) is 84.5 Å². The van der Waals surface area contributed by atoms with Crippen molar-refractivity contribution in [2.75, 3.05) is 0 Å². The van der Waals surface area contributed by atoms with Crippen LogP contribution in [0.2, 0.25) is 0 Å². The highest BCUT2D eigenvalue weighted by molar-refractivity contribution is 6.11. The number of rotatable bonds is 0. The van der Waals surface area contributed by atoms with E-state index in [9.17, 15) is 0 Å². The Kier molecular flexibility index (Phi) is 4.85. The lowest BCUT2D eigenvalue weighted by Gasteiger charge is -2.34. The fraction of sp³-hybridized carbons (Fsp3) is 0.640. The van der Waals surface area contributed by atoms with Crippen molar-refractivity contribution in [2.24, 2.45) is 26.7 Å². The zero-order valence-electron chi connectivity index (χ0n) is 20.5. The molecule has 2 rings (SSSR count). The Hall–Kier alpha value is -1.57. The molecular weight excluding hydrogens is 330 g/mol. The van der Waals surface area contributed by atoms with Gasteiger partial charge in [-0.15, -0.1) is 0 Å². The van der Waals surface area contributed by atoms with Crippen LogP contribution >= 0.6 is 0 Å². The number of ether oxygens (including phenoxy) is 1. The van der Waals surface area contributed by atoms with Gasteiger partial charge in [0.2, 0.25) is 0 Å². The molecule has 0 fully saturated rings. The molecule has 0 saturated heterocycles. The number of aliphatic imine (C=N–C) groups is 1. The number of allylic oxidation sites excluding steroid dienone is 7. The van der Waals surface area contributed by atoms with Crippen molar-refractivity contribution in [3.63, 3.8) is 0 Å². The monoisotopic (exact) mass is 370 g/mol. The molecule has 0 atom stereocenters. The van der Waals surface area contributed by atoms with Crippen LogP contribution in [0.5, 0.6) is 0 Å². The fourth-order valence-electron chi connectivity index (χ4n) is 3.09. The lowest BCUT2D eigenvalue weighted by Crippen LogP contribution is -2.26. The van der Waals surface area contributed by atoms with Gasteiger partial charge in [-0.3, -0.25) is 4.99 Å². The summed E-state index contributed by atoms with van der Waals surface area (Å²) in [5.41, 5.74) is 3.70. The van der Waals surface area contributed by atoms with Gasteiger partial charge in [0.15, 0.2) is 0 Å². The SMILES string of the molecule is [2H]C1=C(C(C)(C)C)C(=C2C=C(C(C)(C)C)OC(C(C)(C)C)=C2)C(C(C)(C)C)=N1. The van der Waals surface area contributed by atoms with Crippen LogP contribution in [0.3, 0.4) is 0 Å². The van der Waals surface area contributed by atoms with Crippen molar-refractivity contribution in [3.05, 3.63) is 46.6 Å². The molecule has 2 aliphatic rings. The molecule has 0 saturated carbocycles. The largest absolute Gasteiger partial charge is 0.465 e. The number of hydrogen-bond acceptors (Lipinski definition) is 2. The Labute approximate surface area is 168 Å². The Morgan fingerprint density at radius 1 is 0.704 bits per heavy atom. The minimum Gasteiger partial charge on any atom is -0.465 e. The molecule has 0 radical (unpaired) electrons. The van der Waals surface area contributed by atoms with E-state index < -0.39 is 0 Å². The molecule has 0 aromatic carbocycles. The molecule has 2 aliphatic heterocycles. The minimum absolute atomic E-state index is 0.108. The van der Waals surface area contributed by atoms with Gasteiger partial charge in [0.25, 0.3) is 0 Å². The van der Waals surface area contributed by atoms with E-state index in [1.54, 1.807) is 0 Å². The number of hydrogen-bond donors (Lipinski definition) is 0. The molecular formula is C25H39NO. The summed E-state index contributed by atoms with van der Waals surface area (Å²) in [6, 6.07) is 0. The molecule has 0 aliphatic carbocycles. The zero-order valence-corrected chi connectivity index (χ0v) is 19.5. The first-order valence-electron chi connectivity index (χ1n) is 10.5. The highest BCUT2D eigenvalue weighted by Gasteiger charge is 2.37. The van der Waals surface area contributed by atoms with Crippen LogP contribution < -0.4 is 0 Å². The van der Waals surface area contributed by atoms with E-state index in [-0.39, 0.29) is 21.7 Å². The molecule has 2 nitrogen and oxygen atoms in total. The van der Waals surface area contributed by atoms with Gasteiger partial charge < -0.3 is 4.74 Å². The van der Waals surface area contributed by atoms with Crippen LogP contribution in [0.4, 0.5) is 0 Å². The molecule has 0 unspecified atom stereocenters. The number of nitrogens with zero attached hydrogens (tertiary/aromatic N) is 1. The predicted octanol–water partition coefficient (Wildman–Crippen LogP) is 7.60. The predicted molar refractivity (Wildman–Crippen MR) is 118 cm³/mol. The average molecular weight is 371 g/mol. The highest BCUT2D eigenvalue weighted by Crippen LogP contribution is 2.45. The van der Waals surface area contributed by atoms with Crippen LogP contribution in [-0.2, 0) is 4.74 Å². The van der Waals surface area contributed by atoms with Crippen LogP contribution in [0, 0.1) is 21.7 Å². The van der Waals surface area contributed by atoms with E-state index >= 15 is 0 Å². The topological polar surface area (TPSA) is 21.6 Å². The first-order valence-corrected chi connectivity index (χ1v) is 10.0. The second-order valence-corrected chi connectivity index (χ2v) is 11.9. The van der Waals surface area contributed by atoms with Gasteiger partial charge in [-0.25, -0.2) is 0 Å². The van der Waals surface area contributed by atoms with E-state index in [1.165, 1.54) is 0 Å². The average Bonchev–Trinajstić information content (AvgIpc) is 2.82. The summed E-state index contributed by atoms with van der Waals surface area (Å²) in [5, 5.41) is 0. The van der Waals surface area contributed by atoms with Crippen molar-refractivity contribution < 1.29 is 6.11 Å². The first-order chi connectivity index (χ1) is 12.3. The van der Waals surface area contributed by atoms with Crippen molar-refractivity contribution >= 4 is 5.71 Å². The third-order valence-electron chi connectivity index (χ3n) is 4.79. The second-order valence-electron chi connectivity index (χ2n) is 11.9. The van der Waals surface area contributed by atoms with Gasteiger partial charge in [-0.2, -0.15) is 0 Å². The molecule has 2 heterocycles. The molecule has 0 spiro atoms. The summed E-state index contributed by atoms with van der Waals surface area (Å²) in [4.78, 5) is 4.74. The van der Waals surface area contributed by atoms with Crippen molar-refractivity contribution in [1.82, 2.24) is 0 Å². The summed E-state index contributed by atoms with van der Waals surface area (Å²) in [6.45, 7) is 26.1. The molecule has 0 aromatic heterocycles. The molecule has 0 bridgehead atoms. The molecule has 0 N–H and O–H groups in total. The van der Waals surface area contributed by atoms with E-state index in [0.717, 1.165) is 33.9 Å². The van der Waals surface area contributed by atoms with E-state index in [2.05, 4.69) is 95.2 Å². The van der Waals surface area contributed by atoms with Crippen LogP contribution in [-0.4, -0.2) is 5.71 Å². The molecule has 0 aromatic rings. The van der Waals surface area contributed by atoms with Gasteiger partial charge in [0.1, 0.15) is 11.5 Å². The lowest BCUT2D eigenvalue weighted by atomic mass is 9.74. The van der Waals surface area contributed by atoms with E-state index in [0.29, 0.717) is 6.18 Å². The molecule has 150 valence electrons.